The summed E-state index contributed by atoms with van der Waals surface area (Å²) >= 11 is 1.56. The van der Waals surface area contributed by atoms with E-state index in [1.165, 1.54) is 0 Å². The molecule has 5 heteroatoms. The van der Waals surface area contributed by atoms with Gasteiger partial charge in [0.15, 0.2) is 0 Å². The summed E-state index contributed by atoms with van der Waals surface area (Å²) in [5.74, 6) is 0.465. The third kappa shape index (κ3) is 5.53. The van der Waals surface area contributed by atoms with Gasteiger partial charge in [-0.15, -0.1) is 0 Å². The first-order valence-corrected chi connectivity index (χ1v) is 8.11. The van der Waals surface area contributed by atoms with Gasteiger partial charge in [0.05, 0.1) is 5.60 Å². The van der Waals surface area contributed by atoms with Crippen molar-refractivity contribution >= 4 is 17.7 Å². The molecule has 1 rings (SSSR count). The molecule has 0 aromatic heterocycles. The number of hydrogen-bond donors (Lipinski definition) is 3. The van der Waals surface area contributed by atoms with Gasteiger partial charge in [-0.1, -0.05) is 18.2 Å². The van der Waals surface area contributed by atoms with Crippen molar-refractivity contribution in [2.75, 3.05) is 32.1 Å². The van der Waals surface area contributed by atoms with Crippen molar-refractivity contribution in [2.45, 2.75) is 18.9 Å². The highest BCUT2D eigenvalue weighted by atomic mass is 32.2. The van der Waals surface area contributed by atoms with E-state index in [-0.39, 0.29) is 12.5 Å². The van der Waals surface area contributed by atoms with Crippen molar-refractivity contribution in [3.8, 4) is 0 Å². The zero-order chi connectivity index (χ0) is 15.0. The zero-order valence-electron chi connectivity index (χ0n) is 12.4. The summed E-state index contributed by atoms with van der Waals surface area (Å²) in [6.45, 7) is 2.82. The Morgan fingerprint density at radius 1 is 1.40 bits per heavy atom. The number of benzene rings is 1. The quantitative estimate of drug-likeness (QED) is 0.676. The predicted octanol–water partition coefficient (Wildman–Crippen LogP) is 1.29. The maximum absolute atomic E-state index is 12.2. The molecule has 4 nitrogen and oxygen atoms in total. The number of rotatable bonds is 8. The molecule has 0 saturated heterocycles. The second-order valence-electron chi connectivity index (χ2n) is 5.12. The summed E-state index contributed by atoms with van der Waals surface area (Å²) in [6, 6.07) is 7.58. The van der Waals surface area contributed by atoms with Gasteiger partial charge in [-0.25, -0.2) is 0 Å². The Labute approximate surface area is 125 Å². The third-order valence-corrected chi connectivity index (χ3v) is 3.90. The van der Waals surface area contributed by atoms with Gasteiger partial charge >= 0.3 is 0 Å². The SMILES string of the molecule is CNCCc1ccccc1C(=O)NCC(C)(O)CSC. The summed E-state index contributed by atoms with van der Waals surface area (Å²) in [7, 11) is 1.89. The van der Waals surface area contributed by atoms with Crippen LogP contribution in [0, 0.1) is 0 Å². The molecule has 1 atom stereocenters. The first kappa shape index (κ1) is 17.0. The first-order valence-electron chi connectivity index (χ1n) is 6.72. The minimum absolute atomic E-state index is 0.127. The van der Waals surface area contributed by atoms with E-state index < -0.39 is 5.60 Å². The van der Waals surface area contributed by atoms with Crippen molar-refractivity contribution in [2.24, 2.45) is 0 Å². The number of amides is 1. The molecule has 20 heavy (non-hydrogen) atoms. The van der Waals surface area contributed by atoms with Crippen molar-refractivity contribution in [3.63, 3.8) is 0 Å². The molecular weight excluding hydrogens is 272 g/mol. The molecule has 1 amide bonds. The fraction of sp³-hybridized carbons (Fsp3) is 0.533. The molecule has 3 N–H and O–H groups in total. The Balaban J connectivity index is 2.67. The van der Waals surface area contributed by atoms with Gasteiger partial charge < -0.3 is 15.7 Å². The van der Waals surface area contributed by atoms with Crippen molar-refractivity contribution in [1.29, 1.82) is 0 Å². The normalized spacial score (nSPS) is 13.8. The molecule has 0 fully saturated rings. The second kappa shape index (κ2) is 8.29. The molecule has 112 valence electrons. The highest BCUT2D eigenvalue weighted by Gasteiger charge is 2.21. The molecule has 0 spiro atoms. The van der Waals surface area contributed by atoms with Gasteiger partial charge in [0.25, 0.3) is 5.91 Å². The number of hydrogen-bond acceptors (Lipinski definition) is 4. The molecule has 1 aromatic carbocycles. The number of thioether (sulfide) groups is 1. The standard InChI is InChI=1S/C15H24N2O2S/c1-15(19,11-20-3)10-17-14(18)13-7-5-4-6-12(13)8-9-16-2/h4-7,16,19H,8-11H2,1-3H3,(H,17,18). The predicted molar refractivity (Wildman–Crippen MR) is 85.4 cm³/mol. The highest BCUT2D eigenvalue weighted by Crippen LogP contribution is 2.12. The Kier molecular flexibility index (Phi) is 7.05. The molecule has 0 aliphatic carbocycles. The number of aliphatic hydroxyl groups is 1. The van der Waals surface area contributed by atoms with Crippen LogP contribution in [-0.4, -0.2) is 48.8 Å². The van der Waals surface area contributed by atoms with Crippen molar-refractivity contribution in [3.05, 3.63) is 35.4 Å². The van der Waals surface area contributed by atoms with Crippen LogP contribution in [0.15, 0.2) is 24.3 Å². The summed E-state index contributed by atoms with van der Waals surface area (Å²) in [5, 5.41) is 16.0. The van der Waals surface area contributed by atoms with Crippen LogP contribution in [0.25, 0.3) is 0 Å². The topological polar surface area (TPSA) is 61.4 Å². The summed E-state index contributed by atoms with van der Waals surface area (Å²) in [5.41, 5.74) is 0.821. The molecule has 0 radical (unpaired) electrons. The van der Waals surface area contributed by atoms with Gasteiger partial charge in [0.1, 0.15) is 0 Å². The van der Waals surface area contributed by atoms with E-state index in [4.69, 9.17) is 0 Å². The van der Waals surface area contributed by atoms with Crippen LogP contribution in [-0.2, 0) is 6.42 Å². The van der Waals surface area contributed by atoms with E-state index in [0.717, 1.165) is 18.5 Å². The Morgan fingerprint density at radius 2 is 2.10 bits per heavy atom. The lowest BCUT2D eigenvalue weighted by Crippen LogP contribution is -2.42. The molecule has 1 aromatic rings. The summed E-state index contributed by atoms with van der Waals surface area (Å²) in [4.78, 5) is 12.2. The summed E-state index contributed by atoms with van der Waals surface area (Å²) < 4.78 is 0. The monoisotopic (exact) mass is 296 g/mol. The molecule has 0 saturated carbocycles. The van der Waals surface area contributed by atoms with E-state index in [0.29, 0.717) is 11.3 Å². The number of likely N-dealkylation sites (N-methyl/N-ethyl adjacent to an activating group) is 1. The molecule has 0 heterocycles. The van der Waals surface area contributed by atoms with Gasteiger partial charge in [-0.2, -0.15) is 11.8 Å². The van der Waals surface area contributed by atoms with E-state index in [2.05, 4.69) is 10.6 Å². The first-order chi connectivity index (χ1) is 9.50. The Hall–Kier alpha value is -1.04. The maximum Gasteiger partial charge on any atom is 0.251 e. The average Bonchev–Trinajstić information content (AvgIpc) is 2.43. The number of nitrogens with one attached hydrogen (secondary N) is 2. The largest absolute Gasteiger partial charge is 0.387 e. The molecular formula is C15H24N2O2S. The van der Waals surface area contributed by atoms with E-state index in [1.54, 1.807) is 18.7 Å². The smallest absolute Gasteiger partial charge is 0.251 e. The van der Waals surface area contributed by atoms with Gasteiger partial charge in [0, 0.05) is 17.9 Å². The van der Waals surface area contributed by atoms with Crippen LogP contribution < -0.4 is 10.6 Å². The van der Waals surface area contributed by atoms with Gasteiger partial charge in [-0.3, -0.25) is 4.79 Å². The molecule has 0 aliphatic rings. The number of carbonyl (C=O) groups is 1. The highest BCUT2D eigenvalue weighted by molar-refractivity contribution is 7.98. The van der Waals surface area contributed by atoms with Crippen LogP contribution in [0.5, 0.6) is 0 Å². The summed E-state index contributed by atoms with van der Waals surface area (Å²) in [6.07, 6.45) is 2.74. The fourth-order valence-corrected chi connectivity index (χ4v) is 2.67. The van der Waals surface area contributed by atoms with Crippen LogP contribution in [0.2, 0.25) is 0 Å². The third-order valence-electron chi connectivity index (χ3n) is 2.99. The Bertz CT molecular complexity index is 436. The molecule has 0 aliphatic heterocycles. The van der Waals surface area contributed by atoms with E-state index in [9.17, 15) is 9.90 Å². The fourth-order valence-electron chi connectivity index (χ4n) is 1.95. The van der Waals surface area contributed by atoms with Crippen LogP contribution >= 0.6 is 11.8 Å². The zero-order valence-corrected chi connectivity index (χ0v) is 13.2. The van der Waals surface area contributed by atoms with E-state index >= 15 is 0 Å². The van der Waals surface area contributed by atoms with Gasteiger partial charge in [-0.05, 0) is 44.8 Å². The minimum atomic E-state index is -0.880. The van der Waals surface area contributed by atoms with Gasteiger partial charge in [0.2, 0.25) is 0 Å². The van der Waals surface area contributed by atoms with Crippen LogP contribution in [0.1, 0.15) is 22.8 Å². The lowest BCUT2D eigenvalue weighted by molar-refractivity contribution is 0.0724. The average molecular weight is 296 g/mol. The molecule has 1 unspecified atom stereocenters. The second-order valence-corrected chi connectivity index (χ2v) is 5.99. The van der Waals surface area contributed by atoms with Crippen LogP contribution in [0.4, 0.5) is 0 Å². The van der Waals surface area contributed by atoms with Crippen LogP contribution in [0.3, 0.4) is 0 Å². The lowest BCUT2D eigenvalue weighted by Gasteiger charge is -2.22. The van der Waals surface area contributed by atoms with Crippen molar-refractivity contribution < 1.29 is 9.90 Å². The van der Waals surface area contributed by atoms with E-state index in [1.807, 2.05) is 37.6 Å². The lowest BCUT2D eigenvalue weighted by atomic mass is 10.0. The maximum atomic E-state index is 12.2. The molecule has 0 bridgehead atoms. The van der Waals surface area contributed by atoms with Crippen molar-refractivity contribution in [1.82, 2.24) is 10.6 Å². The Morgan fingerprint density at radius 3 is 2.75 bits per heavy atom. The minimum Gasteiger partial charge on any atom is -0.387 e. The number of carbonyl (C=O) groups excluding carboxylic acids is 1.